The van der Waals surface area contributed by atoms with Crippen LogP contribution in [0.15, 0.2) is 21.7 Å². The van der Waals surface area contributed by atoms with Crippen molar-refractivity contribution >= 4 is 15.9 Å². The molecule has 1 aromatic heterocycles. The first kappa shape index (κ1) is 13.3. The lowest BCUT2D eigenvalue weighted by atomic mass is 10.2. The monoisotopic (exact) mass is 288 g/mol. The average Bonchev–Trinajstić information content (AvgIpc) is 2.64. The van der Waals surface area contributed by atoms with E-state index in [1.807, 2.05) is 7.05 Å². The van der Waals surface area contributed by atoms with E-state index in [1.54, 1.807) is 6.08 Å². The lowest BCUT2D eigenvalue weighted by Crippen LogP contribution is -2.13. The van der Waals surface area contributed by atoms with Crippen LogP contribution in [0.3, 0.4) is 0 Å². The Hall–Kier alpha value is -0.810. The van der Waals surface area contributed by atoms with Crippen LogP contribution in [0, 0.1) is 0 Å². The van der Waals surface area contributed by atoms with E-state index in [0.717, 1.165) is 17.3 Å². The van der Waals surface area contributed by atoms with E-state index >= 15 is 0 Å². The molecule has 0 spiro atoms. The molecule has 1 N–H and O–H groups in total. The molecule has 0 saturated heterocycles. The molecule has 1 atom stereocenters. The Bertz CT molecular complexity index is 339. The lowest BCUT2D eigenvalue weighted by molar-refractivity contribution is 0.268. The number of hydrogen-bond donors (Lipinski definition) is 1. The van der Waals surface area contributed by atoms with Crippen LogP contribution < -0.4 is 10.1 Å². The van der Waals surface area contributed by atoms with E-state index in [4.69, 9.17) is 9.26 Å². The Balaban J connectivity index is 2.71. The van der Waals surface area contributed by atoms with Gasteiger partial charge in [-0.15, -0.1) is 6.58 Å². The summed E-state index contributed by atoms with van der Waals surface area (Å²) in [6, 6.07) is -0.0644. The van der Waals surface area contributed by atoms with Gasteiger partial charge in [0.25, 0.3) is 5.88 Å². The third-order valence-corrected chi connectivity index (χ3v) is 2.93. The van der Waals surface area contributed by atoms with Crippen LogP contribution in [0.5, 0.6) is 5.88 Å². The number of hydrogen-bond acceptors (Lipinski definition) is 4. The van der Waals surface area contributed by atoms with Gasteiger partial charge in [0, 0.05) is 0 Å². The van der Waals surface area contributed by atoms with Crippen LogP contribution in [0.25, 0.3) is 0 Å². The van der Waals surface area contributed by atoms with Crippen molar-refractivity contribution in [2.75, 3.05) is 13.7 Å². The molecule has 4 nitrogen and oxygen atoms in total. The molecule has 0 aliphatic carbocycles. The summed E-state index contributed by atoms with van der Waals surface area (Å²) in [5, 5.41) is 6.92. The van der Waals surface area contributed by atoms with E-state index in [2.05, 4.69) is 39.9 Å². The normalized spacial score (nSPS) is 12.4. The van der Waals surface area contributed by atoms with Gasteiger partial charge in [-0.25, -0.2) is 0 Å². The van der Waals surface area contributed by atoms with Gasteiger partial charge in [0.1, 0.15) is 4.47 Å². The first-order valence-corrected chi connectivity index (χ1v) is 6.11. The average molecular weight is 289 g/mol. The fourth-order valence-electron chi connectivity index (χ4n) is 1.23. The van der Waals surface area contributed by atoms with E-state index in [0.29, 0.717) is 18.2 Å². The largest absolute Gasteiger partial charge is 0.475 e. The van der Waals surface area contributed by atoms with E-state index < -0.39 is 0 Å². The topological polar surface area (TPSA) is 47.3 Å². The first-order chi connectivity index (χ1) is 7.74. The summed E-state index contributed by atoms with van der Waals surface area (Å²) in [5.74, 6) is 1.19. The quantitative estimate of drug-likeness (QED) is 0.619. The Morgan fingerprint density at radius 3 is 3.00 bits per heavy atom. The Labute approximate surface area is 104 Å². The second-order valence-corrected chi connectivity index (χ2v) is 4.16. The summed E-state index contributed by atoms with van der Waals surface area (Å²) in [6.45, 7) is 6.49. The molecule has 0 bridgehead atoms. The van der Waals surface area contributed by atoms with Crippen molar-refractivity contribution in [3.8, 4) is 5.88 Å². The molecule has 0 aliphatic rings. The third-order valence-electron chi connectivity index (χ3n) is 2.20. The molecule has 0 amide bonds. The zero-order chi connectivity index (χ0) is 12.0. The minimum absolute atomic E-state index is 0.0644. The molecule has 1 rings (SSSR count). The van der Waals surface area contributed by atoms with Gasteiger partial charge in [-0.3, -0.25) is 0 Å². The van der Waals surface area contributed by atoms with Gasteiger partial charge >= 0.3 is 0 Å². The second-order valence-electron chi connectivity index (χ2n) is 3.37. The molecule has 0 unspecified atom stereocenters. The Morgan fingerprint density at radius 2 is 2.44 bits per heavy atom. The van der Waals surface area contributed by atoms with Crippen molar-refractivity contribution in [3.05, 3.63) is 22.9 Å². The van der Waals surface area contributed by atoms with E-state index in [-0.39, 0.29) is 6.04 Å². The summed E-state index contributed by atoms with van der Waals surface area (Å²) >= 11 is 3.42. The number of aromatic nitrogens is 1. The molecule has 0 saturated carbocycles. The number of halogens is 1. The van der Waals surface area contributed by atoms with Crippen molar-refractivity contribution in [1.82, 2.24) is 10.5 Å². The van der Waals surface area contributed by atoms with Crippen molar-refractivity contribution in [1.29, 1.82) is 0 Å². The Kier molecular flexibility index (Phi) is 5.55. The highest BCUT2D eigenvalue weighted by Gasteiger charge is 2.20. The van der Waals surface area contributed by atoms with Crippen LogP contribution in [0.4, 0.5) is 0 Å². The molecule has 1 aromatic rings. The van der Waals surface area contributed by atoms with Crippen LogP contribution in [-0.4, -0.2) is 18.8 Å². The van der Waals surface area contributed by atoms with Crippen molar-refractivity contribution in [2.45, 2.75) is 25.8 Å². The van der Waals surface area contributed by atoms with Gasteiger partial charge in [-0.2, -0.15) is 0 Å². The van der Waals surface area contributed by atoms with Crippen molar-refractivity contribution in [2.24, 2.45) is 0 Å². The second kappa shape index (κ2) is 6.70. The smallest absolute Gasteiger partial charge is 0.268 e. The highest BCUT2D eigenvalue weighted by atomic mass is 79.9. The molecule has 0 aliphatic heterocycles. The predicted molar refractivity (Wildman–Crippen MR) is 66.6 cm³/mol. The van der Waals surface area contributed by atoms with Gasteiger partial charge < -0.3 is 14.6 Å². The van der Waals surface area contributed by atoms with Gasteiger partial charge in [-0.05, 0) is 34.6 Å². The number of nitrogens with zero attached hydrogens (tertiary/aromatic N) is 1. The maximum Gasteiger partial charge on any atom is 0.268 e. The molecular formula is C11H17BrN2O2. The SMILES string of the molecule is C=C[C@@H](NC)c1onc(OCCCC)c1Br. The van der Waals surface area contributed by atoms with E-state index in [1.165, 1.54) is 0 Å². The maximum atomic E-state index is 5.48. The highest BCUT2D eigenvalue weighted by molar-refractivity contribution is 9.10. The zero-order valence-electron chi connectivity index (χ0n) is 9.62. The molecule has 90 valence electrons. The summed E-state index contributed by atoms with van der Waals surface area (Å²) in [4.78, 5) is 0. The minimum Gasteiger partial charge on any atom is -0.475 e. The maximum absolute atomic E-state index is 5.48. The number of nitrogens with one attached hydrogen (secondary N) is 1. The fraction of sp³-hybridized carbons (Fsp3) is 0.545. The van der Waals surface area contributed by atoms with Gasteiger partial charge in [0.15, 0.2) is 5.76 Å². The number of likely N-dealkylation sites (N-methyl/N-ethyl adjacent to an activating group) is 1. The number of unbranched alkanes of at least 4 members (excludes halogenated alkanes) is 1. The zero-order valence-corrected chi connectivity index (χ0v) is 11.2. The van der Waals surface area contributed by atoms with Crippen molar-refractivity contribution in [3.63, 3.8) is 0 Å². The summed E-state index contributed by atoms with van der Waals surface area (Å²) < 4.78 is 11.5. The molecule has 1 heterocycles. The summed E-state index contributed by atoms with van der Waals surface area (Å²) in [7, 11) is 1.83. The summed E-state index contributed by atoms with van der Waals surface area (Å²) in [5.41, 5.74) is 0. The van der Waals surface area contributed by atoms with Gasteiger partial charge in [-0.1, -0.05) is 19.4 Å². The number of rotatable bonds is 7. The van der Waals surface area contributed by atoms with Gasteiger partial charge in [0.2, 0.25) is 0 Å². The van der Waals surface area contributed by atoms with Crippen LogP contribution in [0.2, 0.25) is 0 Å². The summed E-state index contributed by atoms with van der Waals surface area (Å²) in [6.07, 6.45) is 3.85. The van der Waals surface area contributed by atoms with E-state index in [9.17, 15) is 0 Å². The highest BCUT2D eigenvalue weighted by Crippen LogP contribution is 2.32. The Morgan fingerprint density at radius 1 is 1.69 bits per heavy atom. The fourth-order valence-corrected chi connectivity index (χ4v) is 1.73. The first-order valence-electron chi connectivity index (χ1n) is 5.32. The number of ether oxygens (including phenoxy) is 1. The van der Waals surface area contributed by atoms with Crippen molar-refractivity contribution < 1.29 is 9.26 Å². The molecule has 0 fully saturated rings. The van der Waals surface area contributed by atoms with Crippen LogP contribution >= 0.6 is 15.9 Å². The van der Waals surface area contributed by atoms with Crippen LogP contribution in [0.1, 0.15) is 31.6 Å². The standard InChI is InChI=1S/C11H17BrN2O2/c1-4-6-7-15-11-9(12)10(16-14-11)8(5-2)13-3/h5,8,13H,2,4,6-7H2,1,3H3/t8-/m1/s1. The predicted octanol–water partition coefficient (Wildman–Crippen LogP) is 3.06. The van der Waals surface area contributed by atoms with Gasteiger partial charge in [0.05, 0.1) is 12.6 Å². The molecule has 0 aromatic carbocycles. The molecule has 16 heavy (non-hydrogen) atoms. The molecule has 0 radical (unpaired) electrons. The van der Waals surface area contributed by atoms with Crippen LogP contribution in [-0.2, 0) is 0 Å². The minimum atomic E-state index is -0.0644. The lowest BCUT2D eigenvalue weighted by Gasteiger charge is -2.06. The molecular weight excluding hydrogens is 272 g/mol. The molecule has 5 heteroatoms. The third kappa shape index (κ3) is 3.09.